The van der Waals surface area contributed by atoms with Crippen LogP contribution in [0.2, 0.25) is 0 Å². The Balaban J connectivity index is 2.22. The third-order valence-corrected chi connectivity index (χ3v) is 5.64. The molecule has 5 heteroatoms. The molecule has 0 radical (unpaired) electrons. The molecule has 0 amide bonds. The smallest absolute Gasteiger partial charge is 0.309 e. The normalized spacial score (nSPS) is 19.5. The van der Waals surface area contributed by atoms with E-state index in [1.165, 1.54) is 12.1 Å². The van der Waals surface area contributed by atoms with Crippen LogP contribution in [0.3, 0.4) is 0 Å². The Morgan fingerprint density at radius 1 is 1.16 bits per heavy atom. The van der Waals surface area contributed by atoms with Crippen LogP contribution in [0.5, 0.6) is 0 Å². The molecule has 1 aromatic carbocycles. The monoisotopic (exact) mass is 425 g/mol. The van der Waals surface area contributed by atoms with Gasteiger partial charge in [-0.05, 0) is 53.2 Å². The molecule has 1 fully saturated rings. The Morgan fingerprint density at radius 3 is 2.35 bits per heavy atom. The number of rotatable bonds is 6. The lowest BCUT2D eigenvalue weighted by Crippen LogP contribution is -2.31. The summed E-state index contributed by atoms with van der Waals surface area (Å²) in [7, 11) is 0. The fraction of sp³-hybridized carbons (Fsp3) is 0.462. The molecule has 2 unspecified atom stereocenters. The van der Waals surface area contributed by atoms with E-state index in [2.05, 4.69) is 34.6 Å². The summed E-state index contributed by atoms with van der Waals surface area (Å²) in [4.78, 5) is 16.8. The van der Waals surface area contributed by atoms with E-state index in [-0.39, 0.29) is 24.1 Å². The number of cyclic esters (lactones) is 1. The third kappa shape index (κ3) is 5.21. The van der Waals surface area contributed by atoms with Gasteiger partial charge in [-0.25, -0.2) is 4.39 Å². The van der Waals surface area contributed by atoms with Crippen LogP contribution in [-0.2, 0) is 16.0 Å². The second-order valence-corrected chi connectivity index (χ2v) is 8.80. The first-order valence-electron chi connectivity index (χ1n) is 11.1. The number of hydrogen-bond acceptors (Lipinski definition) is 4. The van der Waals surface area contributed by atoms with E-state index in [1.54, 1.807) is 12.1 Å². The Labute approximate surface area is 184 Å². The third-order valence-electron chi connectivity index (χ3n) is 5.64. The molecule has 1 aliphatic heterocycles. The van der Waals surface area contributed by atoms with Gasteiger partial charge in [0.05, 0.1) is 18.2 Å². The molecular weight excluding hydrogens is 393 g/mol. The molecule has 31 heavy (non-hydrogen) atoms. The Morgan fingerprint density at radius 2 is 1.81 bits per heavy atom. The van der Waals surface area contributed by atoms with E-state index >= 15 is 0 Å². The van der Waals surface area contributed by atoms with Crippen molar-refractivity contribution < 1.29 is 19.0 Å². The molecule has 0 aliphatic carbocycles. The molecule has 0 saturated carbocycles. The van der Waals surface area contributed by atoms with Gasteiger partial charge in [0, 0.05) is 17.7 Å². The topological polar surface area (TPSA) is 59.4 Å². The average Bonchev–Trinajstić information content (AvgIpc) is 2.70. The number of pyridine rings is 1. The number of aromatic nitrogens is 1. The first kappa shape index (κ1) is 23.1. The minimum Gasteiger partial charge on any atom is -0.458 e. The van der Waals surface area contributed by atoms with E-state index in [0.29, 0.717) is 6.42 Å². The van der Waals surface area contributed by atoms with Crippen LogP contribution in [0.4, 0.5) is 4.39 Å². The van der Waals surface area contributed by atoms with E-state index < -0.39 is 18.2 Å². The van der Waals surface area contributed by atoms with Crippen molar-refractivity contribution in [1.29, 1.82) is 0 Å². The predicted octanol–water partition coefficient (Wildman–Crippen LogP) is 5.78. The maximum Gasteiger partial charge on any atom is 0.309 e. The lowest BCUT2D eigenvalue weighted by molar-refractivity contribution is -0.156. The molecule has 2 aromatic rings. The number of hydrogen-bond donors (Lipinski definition) is 1. The Hall–Kier alpha value is -2.53. The maximum absolute atomic E-state index is 13.7. The molecule has 2 atom stereocenters. The molecule has 2 heterocycles. The van der Waals surface area contributed by atoms with Crippen LogP contribution in [-0.4, -0.2) is 28.3 Å². The fourth-order valence-corrected chi connectivity index (χ4v) is 4.20. The van der Waals surface area contributed by atoms with Gasteiger partial charge in [0.15, 0.2) is 0 Å². The molecule has 3 rings (SSSR count). The number of nitrogens with zero attached hydrogens (tertiary/aromatic N) is 1. The lowest BCUT2D eigenvalue weighted by atomic mass is 9.86. The molecule has 4 nitrogen and oxygen atoms in total. The van der Waals surface area contributed by atoms with Crippen molar-refractivity contribution in [3.8, 4) is 11.1 Å². The van der Waals surface area contributed by atoms with Gasteiger partial charge in [0.25, 0.3) is 0 Å². The second-order valence-electron chi connectivity index (χ2n) is 8.80. The summed E-state index contributed by atoms with van der Waals surface area (Å²) >= 11 is 0. The van der Waals surface area contributed by atoms with E-state index in [9.17, 15) is 14.3 Å². The standard InChI is InChI=1S/C26H32FNO3/c1-6-21-24(17-7-9-18(27)10-8-17)22(26(16(4)5)28-25(21)15(2)3)12-11-20-13-19(29)14-23(30)31-20/h7-12,15-16,19-20,29H,6,13-14H2,1-5H3. The molecule has 1 aliphatic rings. The van der Waals surface area contributed by atoms with Crippen LogP contribution < -0.4 is 0 Å². The summed E-state index contributed by atoms with van der Waals surface area (Å²) in [6.45, 7) is 10.6. The van der Waals surface area contributed by atoms with Crippen molar-refractivity contribution in [2.24, 2.45) is 0 Å². The minimum atomic E-state index is -0.690. The number of aliphatic hydroxyl groups is 1. The number of aliphatic hydroxyl groups excluding tert-OH is 1. The summed E-state index contributed by atoms with van der Waals surface area (Å²) in [5, 5.41) is 9.95. The fourth-order valence-electron chi connectivity index (χ4n) is 4.20. The summed E-state index contributed by atoms with van der Waals surface area (Å²) < 4.78 is 19.1. The van der Waals surface area contributed by atoms with Crippen molar-refractivity contribution in [3.05, 3.63) is 58.7 Å². The number of carbonyl (C=O) groups excluding carboxylic acids is 1. The van der Waals surface area contributed by atoms with Crippen molar-refractivity contribution in [2.75, 3.05) is 0 Å². The number of benzene rings is 1. The summed E-state index contributed by atoms with van der Waals surface area (Å²) in [6.07, 6.45) is 3.84. The number of esters is 1. The summed E-state index contributed by atoms with van der Waals surface area (Å²) in [6, 6.07) is 6.57. The van der Waals surface area contributed by atoms with Crippen molar-refractivity contribution in [1.82, 2.24) is 4.98 Å². The van der Waals surface area contributed by atoms with E-state index in [4.69, 9.17) is 9.72 Å². The zero-order valence-corrected chi connectivity index (χ0v) is 19.0. The average molecular weight is 426 g/mol. The van der Waals surface area contributed by atoms with Crippen molar-refractivity contribution in [3.63, 3.8) is 0 Å². The van der Waals surface area contributed by atoms with Crippen LogP contribution >= 0.6 is 0 Å². The molecule has 0 spiro atoms. The number of ether oxygens (including phenoxy) is 1. The number of halogens is 1. The van der Waals surface area contributed by atoms with Crippen molar-refractivity contribution in [2.45, 2.75) is 77.9 Å². The van der Waals surface area contributed by atoms with Crippen LogP contribution in [0, 0.1) is 5.82 Å². The Bertz CT molecular complexity index is 964. The van der Waals surface area contributed by atoms with Gasteiger partial charge in [-0.2, -0.15) is 0 Å². The first-order chi connectivity index (χ1) is 14.7. The van der Waals surface area contributed by atoms with Gasteiger partial charge in [0.1, 0.15) is 11.9 Å². The zero-order chi connectivity index (χ0) is 22.7. The molecule has 0 bridgehead atoms. The largest absolute Gasteiger partial charge is 0.458 e. The van der Waals surface area contributed by atoms with Crippen LogP contribution in [0.15, 0.2) is 30.3 Å². The van der Waals surface area contributed by atoms with Gasteiger partial charge in [-0.15, -0.1) is 0 Å². The van der Waals surface area contributed by atoms with Gasteiger partial charge < -0.3 is 9.84 Å². The number of carbonyl (C=O) groups is 1. The first-order valence-corrected chi connectivity index (χ1v) is 11.1. The molecule has 1 aromatic heterocycles. The highest BCUT2D eigenvalue weighted by atomic mass is 19.1. The summed E-state index contributed by atoms with van der Waals surface area (Å²) in [5.74, 6) is -0.246. The highest BCUT2D eigenvalue weighted by molar-refractivity contribution is 5.80. The lowest BCUT2D eigenvalue weighted by Gasteiger charge is -2.25. The quantitative estimate of drug-likeness (QED) is 0.596. The maximum atomic E-state index is 13.7. The highest BCUT2D eigenvalue weighted by Crippen LogP contribution is 2.38. The Kier molecular flexibility index (Phi) is 7.26. The second kappa shape index (κ2) is 9.73. The highest BCUT2D eigenvalue weighted by Gasteiger charge is 2.26. The molecule has 1 saturated heterocycles. The van der Waals surface area contributed by atoms with Gasteiger partial charge >= 0.3 is 5.97 Å². The van der Waals surface area contributed by atoms with Gasteiger partial charge in [-0.3, -0.25) is 9.78 Å². The van der Waals surface area contributed by atoms with Crippen molar-refractivity contribution >= 4 is 12.0 Å². The van der Waals surface area contributed by atoms with Gasteiger partial charge in [-0.1, -0.05) is 52.8 Å². The van der Waals surface area contributed by atoms with Gasteiger partial charge in [0.2, 0.25) is 0 Å². The molecular formula is C26H32FNO3. The van der Waals surface area contributed by atoms with E-state index in [0.717, 1.165) is 40.1 Å². The van der Waals surface area contributed by atoms with Crippen LogP contribution in [0.1, 0.15) is 81.8 Å². The van der Waals surface area contributed by atoms with E-state index in [1.807, 2.05) is 12.2 Å². The minimum absolute atomic E-state index is 0.0348. The van der Waals surface area contributed by atoms with Crippen LogP contribution in [0.25, 0.3) is 17.2 Å². The molecule has 1 N–H and O–H groups in total. The molecule has 166 valence electrons. The SMILES string of the molecule is CCc1c(C(C)C)nc(C(C)C)c(C=CC2CC(O)CC(=O)O2)c1-c1ccc(F)cc1. The zero-order valence-electron chi connectivity index (χ0n) is 19.0. The summed E-state index contributed by atoms with van der Waals surface area (Å²) in [5.41, 5.74) is 6.10. The predicted molar refractivity (Wildman–Crippen MR) is 121 cm³/mol.